The first kappa shape index (κ1) is 14.5. The average molecular weight is 352 g/mol. The van der Waals surface area contributed by atoms with Crippen LogP contribution in [0.25, 0.3) is 0 Å². The van der Waals surface area contributed by atoms with E-state index < -0.39 is 11.6 Å². The molecule has 2 aromatic carbocycles. The second kappa shape index (κ2) is 5.76. The molecule has 110 valence electrons. The summed E-state index contributed by atoms with van der Waals surface area (Å²) in [7, 11) is 0. The van der Waals surface area contributed by atoms with E-state index in [4.69, 9.17) is 0 Å². The second-order valence-corrected chi connectivity index (χ2v) is 6.46. The monoisotopic (exact) mass is 351 g/mol. The number of hydrogen-bond donors (Lipinski definition) is 1. The molecule has 0 heterocycles. The van der Waals surface area contributed by atoms with Crippen LogP contribution in [0.1, 0.15) is 29.9 Å². The van der Waals surface area contributed by atoms with Crippen molar-refractivity contribution < 1.29 is 8.78 Å². The normalized spacial score (nSPS) is 21.0. The number of hydrogen-bond acceptors (Lipinski definition) is 1. The zero-order chi connectivity index (χ0) is 15.0. The summed E-state index contributed by atoms with van der Waals surface area (Å²) in [4.78, 5) is 0. The van der Waals surface area contributed by atoms with E-state index in [1.54, 1.807) is 0 Å². The van der Waals surface area contributed by atoms with Gasteiger partial charge in [0, 0.05) is 16.6 Å². The number of halogens is 3. The highest BCUT2D eigenvalue weighted by molar-refractivity contribution is 9.10. The summed E-state index contributed by atoms with van der Waals surface area (Å²) in [5.74, 6) is -0.608. The Hall–Kier alpha value is -1.42. The molecule has 1 fully saturated rings. The summed E-state index contributed by atoms with van der Waals surface area (Å²) in [6, 6.07) is 10.8. The van der Waals surface area contributed by atoms with Crippen LogP contribution in [0, 0.1) is 18.6 Å². The van der Waals surface area contributed by atoms with Gasteiger partial charge in [-0.3, -0.25) is 0 Å². The fourth-order valence-electron chi connectivity index (χ4n) is 2.92. The topological polar surface area (TPSA) is 12.0 Å². The lowest BCUT2D eigenvalue weighted by atomic mass is 9.74. The Balaban J connectivity index is 1.67. The van der Waals surface area contributed by atoms with Crippen LogP contribution in [0.15, 0.2) is 40.9 Å². The molecule has 2 aromatic rings. The van der Waals surface area contributed by atoms with Crippen LogP contribution >= 0.6 is 15.9 Å². The number of benzene rings is 2. The standard InChI is InChI=1S/C17H16BrF2N/c1-10-4-2-3-5-14(10)11-6-13(7-11)21-17-15(18)8-12(19)9-16(17)20/h2-5,8-9,11,13,21H,6-7H2,1H3. The van der Waals surface area contributed by atoms with E-state index in [-0.39, 0.29) is 6.04 Å². The fraction of sp³-hybridized carbons (Fsp3) is 0.294. The van der Waals surface area contributed by atoms with Crippen molar-refractivity contribution in [3.05, 3.63) is 63.6 Å². The van der Waals surface area contributed by atoms with E-state index in [2.05, 4.69) is 46.4 Å². The van der Waals surface area contributed by atoms with Crippen LogP contribution in [-0.2, 0) is 0 Å². The molecular formula is C17H16BrF2N. The predicted octanol–water partition coefficient (Wildman–Crippen LogP) is 5.39. The van der Waals surface area contributed by atoms with E-state index in [0.717, 1.165) is 18.9 Å². The molecule has 1 nitrogen and oxygen atoms in total. The molecule has 0 unspecified atom stereocenters. The molecule has 0 aliphatic heterocycles. The molecule has 1 N–H and O–H groups in total. The minimum Gasteiger partial charge on any atom is -0.379 e. The van der Waals surface area contributed by atoms with Crippen LogP contribution in [-0.4, -0.2) is 6.04 Å². The van der Waals surface area contributed by atoms with Gasteiger partial charge in [-0.15, -0.1) is 0 Å². The Morgan fingerprint density at radius 1 is 1.14 bits per heavy atom. The molecule has 1 saturated carbocycles. The fourth-order valence-corrected chi connectivity index (χ4v) is 3.44. The zero-order valence-electron chi connectivity index (χ0n) is 11.7. The van der Waals surface area contributed by atoms with Crippen molar-refractivity contribution in [3.63, 3.8) is 0 Å². The molecule has 4 heteroatoms. The Morgan fingerprint density at radius 3 is 2.52 bits per heavy atom. The van der Waals surface area contributed by atoms with Gasteiger partial charge in [0.25, 0.3) is 0 Å². The highest BCUT2D eigenvalue weighted by Crippen LogP contribution is 2.41. The lowest BCUT2D eigenvalue weighted by Crippen LogP contribution is -2.34. The summed E-state index contributed by atoms with van der Waals surface area (Å²) in [6.45, 7) is 2.12. The van der Waals surface area contributed by atoms with Gasteiger partial charge in [0.15, 0.2) is 0 Å². The average Bonchev–Trinajstić information content (AvgIpc) is 2.37. The molecule has 3 rings (SSSR count). The highest BCUT2D eigenvalue weighted by Gasteiger charge is 2.31. The van der Waals surface area contributed by atoms with E-state index in [1.165, 1.54) is 17.2 Å². The molecule has 0 spiro atoms. The first-order valence-electron chi connectivity index (χ1n) is 7.01. The highest BCUT2D eigenvalue weighted by atomic mass is 79.9. The molecule has 0 bridgehead atoms. The first-order valence-corrected chi connectivity index (χ1v) is 7.80. The number of rotatable bonds is 3. The summed E-state index contributed by atoms with van der Waals surface area (Å²) in [6.07, 6.45) is 1.93. The quantitative estimate of drug-likeness (QED) is 0.781. The van der Waals surface area contributed by atoms with Crippen molar-refractivity contribution in [1.82, 2.24) is 0 Å². The van der Waals surface area contributed by atoms with Crippen molar-refractivity contribution in [1.29, 1.82) is 0 Å². The molecule has 21 heavy (non-hydrogen) atoms. The minimum atomic E-state index is -0.573. The Morgan fingerprint density at radius 2 is 1.86 bits per heavy atom. The third kappa shape index (κ3) is 2.95. The van der Waals surface area contributed by atoms with Crippen molar-refractivity contribution in [2.45, 2.75) is 31.7 Å². The lowest BCUT2D eigenvalue weighted by molar-refractivity contribution is 0.371. The van der Waals surface area contributed by atoms with Gasteiger partial charge in [-0.1, -0.05) is 24.3 Å². The van der Waals surface area contributed by atoms with Gasteiger partial charge in [-0.2, -0.15) is 0 Å². The number of nitrogens with one attached hydrogen (secondary N) is 1. The van der Waals surface area contributed by atoms with Gasteiger partial charge >= 0.3 is 0 Å². The maximum atomic E-state index is 13.8. The summed E-state index contributed by atoms with van der Waals surface area (Å²) < 4.78 is 27.3. The van der Waals surface area contributed by atoms with Gasteiger partial charge in [0.05, 0.1) is 5.69 Å². The number of aryl methyl sites for hydroxylation is 1. The molecule has 0 aromatic heterocycles. The van der Waals surface area contributed by atoms with Crippen LogP contribution in [0.4, 0.5) is 14.5 Å². The first-order chi connectivity index (χ1) is 10.0. The third-order valence-corrected chi connectivity index (χ3v) is 4.75. The van der Waals surface area contributed by atoms with Crippen LogP contribution < -0.4 is 5.32 Å². The molecular weight excluding hydrogens is 336 g/mol. The summed E-state index contributed by atoms with van der Waals surface area (Å²) >= 11 is 3.21. The molecule has 0 atom stereocenters. The van der Waals surface area contributed by atoms with E-state index in [0.29, 0.717) is 16.1 Å². The smallest absolute Gasteiger partial charge is 0.150 e. The number of anilines is 1. The predicted molar refractivity (Wildman–Crippen MR) is 84.6 cm³/mol. The van der Waals surface area contributed by atoms with Crippen LogP contribution in [0.5, 0.6) is 0 Å². The van der Waals surface area contributed by atoms with E-state index in [1.807, 2.05) is 6.07 Å². The van der Waals surface area contributed by atoms with Crippen LogP contribution in [0.3, 0.4) is 0 Å². The maximum Gasteiger partial charge on any atom is 0.150 e. The van der Waals surface area contributed by atoms with E-state index in [9.17, 15) is 8.78 Å². The molecule has 1 aliphatic rings. The van der Waals surface area contributed by atoms with Crippen LogP contribution in [0.2, 0.25) is 0 Å². The van der Waals surface area contributed by atoms with Gasteiger partial charge in [-0.25, -0.2) is 8.78 Å². The van der Waals surface area contributed by atoms with Crippen molar-refractivity contribution in [2.75, 3.05) is 5.32 Å². The largest absolute Gasteiger partial charge is 0.379 e. The molecule has 0 saturated heterocycles. The Kier molecular flexibility index (Phi) is 3.98. The second-order valence-electron chi connectivity index (χ2n) is 5.61. The van der Waals surface area contributed by atoms with Gasteiger partial charge in [0.2, 0.25) is 0 Å². The third-order valence-electron chi connectivity index (χ3n) is 4.12. The molecule has 1 aliphatic carbocycles. The summed E-state index contributed by atoms with van der Waals surface area (Å²) in [5.41, 5.74) is 3.02. The Labute approximate surface area is 131 Å². The lowest BCUT2D eigenvalue weighted by Gasteiger charge is -2.37. The summed E-state index contributed by atoms with van der Waals surface area (Å²) in [5, 5.41) is 3.17. The Bertz CT molecular complexity index is 643. The van der Waals surface area contributed by atoms with Crippen molar-refractivity contribution in [2.24, 2.45) is 0 Å². The van der Waals surface area contributed by atoms with Crippen molar-refractivity contribution in [3.8, 4) is 0 Å². The molecule has 0 radical (unpaired) electrons. The minimum absolute atomic E-state index is 0.228. The SMILES string of the molecule is Cc1ccccc1C1CC(Nc2c(F)cc(F)cc2Br)C1. The van der Waals surface area contributed by atoms with Crippen molar-refractivity contribution >= 4 is 21.6 Å². The van der Waals surface area contributed by atoms with Gasteiger partial charge in [0.1, 0.15) is 11.6 Å². The van der Waals surface area contributed by atoms with Gasteiger partial charge < -0.3 is 5.32 Å². The maximum absolute atomic E-state index is 13.8. The molecule has 0 amide bonds. The zero-order valence-corrected chi connectivity index (χ0v) is 13.3. The van der Waals surface area contributed by atoms with Gasteiger partial charge in [-0.05, 0) is 58.8 Å². The van der Waals surface area contributed by atoms with E-state index >= 15 is 0 Å².